The van der Waals surface area contributed by atoms with Crippen LogP contribution in [0.4, 0.5) is 4.39 Å². The van der Waals surface area contributed by atoms with Gasteiger partial charge in [0.1, 0.15) is 5.82 Å². The molecule has 1 aromatic carbocycles. The molecule has 2 rings (SSSR count). The molecule has 0 aliphatic carbocycles. The van der Waals surface area contributed by atoms with Crippen LogP contribution in [0.25, 0.3) is 0 Å². The van der Waals surface area contributed by atoms with Crippen LogP contribution in [0.5, 0.6) is 0 Å². The van der Waals surface area contributed by atoms with Crippen molar-refractivity contribution in [2.75, 3.05) is 26.2 Å². The Kier molecular flexibility index (Phi) is 8.79. The standard InChI is InChI=1S/C16H24BrFN2.ClH/c1-2-3-4-8-15(20-11-9-19-10-12-20)16-13(17)6-5-7-14(16)18;/h5-7,15,19H,2-4,8-12H2,1H3;1H/t15-;/m1./s1. The average Bonchev–Trinajstić information content (AvgIpc) is 2.46. The lowest BCUT2D eigenvalue weighted by molar-refractivity contribution is 0.159. The van der Waals surface area contributed by atoms with Gasteiger partial charge in [-0.15, -0.1) is 12.4 Å². The van der Waals surface area contributed by atoms with E-state index in [9.17, 15) is 4.39 Å². The Morgan fingerprint density at radius 2 is 2.00 bits per heavy atom. The Morgan fingerprint density at radius 1 is 1.29 bits per heavy atom. The van der Waals surface area contributed by atoms with Crippen molar-refractivity contribution in [2.24, 2.45) is 0 Å². The van der Waals surface area contributed by atoms with Crippen LogP contribution in [0.15, 0.2) is 22.7 Å². The van der Waals surface area contributed by atoms with Gasteiger partial charge in [-0.3, -0.25) is 4.90 Å². The second-order valence-corrected chi connectivity index (χ2v) is 6.29. The lowest BCUT2D eigenvalue weighted by Gasteiger charge is -2.36. The molecule has 0 radical (unpaired) electrons. The molecular weight excluding hydrogens is 355 g/mol. The van der Waals surface area contributed by atoms with Gasteiger partial charge >= 0.3 is 0 Å². The largest absolute Gasteiger partial charge is 0.314 e. The molecule has 0 bridgehead atoms. The first-order chi connectivity index (χ1) is 9.74. The predicted molar refractivity (Wildman–Crippen MR) is 92.7 cm³/mol. The fourth-order valence-corrected chi connectivity index (χ4v) is 3.53. The number of hydrogen-bond acceptors (Lipinski definition) is 2. The third-order valence-corrected chi connectivity index (χ3v) is 4.70. The molecule has 0 aromatic heterocycles. The lowest BCUT2D eigenvalue weighted by atomic mass is 9.97. The molecule has 5 heteroatoms. The van der Waals surface area contributed by atoms with E-state index in [0.29, 0.717) is 0 Å². The summed E-state index contributed by atoms with van der Waals surface area (Å²) < 4.78 is 15.2. The van der Waals surface area contributed by atoms with Gasteiger partial charge in [0, 0.05) is 42.3 Å². The molecule has 1 heterocycles. The van der Waals surface area contributed by atoms with Crippen molar-refractivity contribution in [1.82, 2.24) is 10.2 Å². The quantitative estimate of drug-likeness (QED) is 0.730. The molecule has 0 spiro atoms. The van der Waals surface area contributed by atoms with Crippen LogP contribution in [0.2, 0.25) is 0 Å². The van der Waals surface area contributed by atoms with E-state index < -0.39 is 0 Å². The van der Waals surface area contributed by atoms with Gasteiger partial charge in [0.05, 0.1) is 0 Å². The molecule has 1 N–H and O–H groups in total. The topological polar surface area (TPSA) is 15.3 Å². The summed E-state index contributed by atoms with van der Waals surface area (Å²) in [5.41, 5.74) is 0.838. The third kappa shape index (κ3) is 5.20. The maximum atomic E-state index is 14.3. The van der Waals surface area contributed by atoms with Gasteiger partial charge in [-0.2, -0.15) is 0 Å². The van der Waals surface area contributed by atoms with Gasteiger partial charge in [0.2, 0.25) is 0 Å². The molecule has 21 heavy (non-hydrogen) atoms. The van der Waals surface area contributed by atoms with Crippen molar-refractivity contribution in [1.29, 1.82) is 0 Å². The highest BCUT2D eigenvalue weighted by atomic mass is 79.9. The second kappa shape index (κ2) is 9.78. The SMILES string of the molecule is CCCCC[C@H](c1c(F)cccc1Br)N1CCNCC1.Cl. The molecule has 1 aliphatic heterocycles. The van der Waals surface area contributed by atoms with Crippen molar-refractivity contribution in [2.45, 2.75) is 38.6 Å². The average molecular weight is 380 g/mol. The van der Waals surface area contributed by atoms with Crippen molar-refractivity contribution in [3.63, 3.8) is 0 Å². The second-order valence-electron chi connectivity index (χ2n) is 5.43. The maximum absolute atomic E-state index is 14.3. The van der Waals surface area contributed by atoms with Crippen LogP contribution in [0.3, 0.4) is 0 Å². The molecule has 120 valence electrons. The monoisotopic (exact) mass is 378 g/mol. The van der Waals surface area contributed by atoms with E-state index in [1.807, 2.05) is 6.07 Å². The summed E-state index contributed by atoms with van der Waals surface area (Å²) in [5, 5.41) is 3.37. The normalized spacial score (nSPS) is 17.3. The van der Waals surface area contributed by atoms with Crippen LogP contribution in [-0.2, 0) is 0 Å². The molecular formula is C16H25BrClFN2. The van der Waals surface area contributed by atoms with E-state index in [1.165, 1.54) is 12.8 Å². The number of halogens is 3. The first-order valence-electron chi connectivity index (χ1n) is 7.62. The summed E-state index contributed by atoms with van der Waals surface area (Å²) in [4.78, 5) is 2.43. The van der Waals surface area contributed by atoms with Gasteiger partial charge in [-0.25, -0.2) is 4.39 Å². The van der Waals surface area contributed by atoms with Crippen LogP contribution in [-0.4, -0.2) is 31.1 Å². The van der Waals surface area contributed by atoms with E-state index in [0.717, 1.165) is 49.1 Å². The zero-order valence-electron chi connectivity index (χ0n) is 12.6. The zero-order valence-corrected chi connectivity index (χ0v) is 15.0. The van der Waals surface area contributed by atoms with Crippen molar-refractivity contribution >= 4 is 28.3 Å². The van der Waals surface area contributed by atoms with Gasteiger partial charge in [-0.05, 0) is 18.6 Å². The number of hydrogen-bond donors (Lipinski definition) is 1. The summed E-state index contributed by atoms with van der Waals surface area (Å²) in [7, 11) is 0. The Bertz CT molecular complexity index is 404. The van der Waals surface area contributed by atoms with Gasteiger partial charge in [-0.1, -0.05) is 48.2 Å². The lowest BCUT2D eigenvalue weighted by Crippen LogP contribution is -2.45. The summed E-state index contributed by atoms with van der Waals surface area (Å²) in [6.45, 7) is 6.20. The predicted octanol–water partition coefficient (Wildman–Crippen LogP) is 4.54. The summed E-state index contributed by atoms with van der Waals surface area (Å²) in [6.07, 6.45) is 4.61. The summed E-state index contributed by atoms with van der Waals surface area (Å²) >= 11 is 3.54. The van der Waals surface area contributed by atoms with Crippen LogP contribution in [0, 0.1) is 5.82 Å². The van der Waals surface area contributed by atoms with E-state index in [1.54, 1.807) is 12.1 Å². The van der Waals surface area contributed by atoms with Crippen molar-refractivity contribution < 1.29 is 4.39 Å². The molecule has 0 amide bonds. The number of nitrogens with zero attached hydrogens (tertiary/aromatic N) is 1. The molecule has 1 saturated heterocycles. The fourth-order valence-electron chi connectivity index (χ4n) is 2.92. The number of unbranched alkanes of at least 4 members (excludes halogenated alkanes) is 2. The van der Waals surface area contributed by atoms with Crippen LogP contribution >= 0.6 is 28.3 Å². The Hall–Kier alpha value is -0.160. The third-order valence-electron chi connectivity index (χ3n) is 4.01. The minimum Gasteiger partial charge on any atom is -0.314 e. The molecule has 2 nitrogen and oxygen atoms in total. The van der Waals surface area contributed by atoms with Crippen molar-refractivity contribution in [3.05, 3.63) is 34.1 Å². The maximum Gasteiger partial charge on any atom is 0.129 e. The highest BCUT2D eigenvalue weighted by Gasteiger charge is 2.25. The number of rotatable bonds is 6. The minimum absolute atomic E-state index is 0. The van der Waals surface area contributed by atoms with Crippen LogP contribution < -0.4 is 5.32 Å². The molecule has 1 atom stereocenters. The highest BCUT2D eigenvalue weighted by Crippen LogP contribution is 2.34. The Morgan fingerprint density at radius 3 is 2.62 bits per heavy atom. The molecule has 0 unspecified atom stereocenters. The number of piperazine rings is 1. The molecule has 1 fully saturated rings. The summed E-state index contributed by atoms with van der Waals surface area (Å²) in [6, 6.07) is 5.49. The first kappa shape index (κ1) is 18.9. The Balaban J connectivity index is 0.00000220. The molecule has 1 aliphatic rings. The molecule has 1 aromatic rings. The van der Waals surface area contributed by atoms with E-state index in [2.05, 4.69) is 33.1 Å². The Labute approximate surface area is 142 Å². The van der Waals surface area contributed by atoms with Gasteiger partial charge in [0.15, 0.2) is 0 Å². The first-order valence-corrected chi connectivity index (χ1v) is 8.42. The molecule has 0 saturated carbocycles. The number of benzene rings is 1. The minimum atomic E-state index is -0.0839. The van der Waals surface area contributed by atoms with Gasteiger partial charge < -0.3 is 5.32 Å². The highest BCUT2D eigenvalue weighted by molar-refractivity contribution is 9.10. The summed E-state index contributed by atoms with van der Waals surface area (Å²) in [5.74, 6) is -0.0839. The van der Waals surface area contributed by atoms with Gasteiger partial charge in [0.25, 0.3) is 0 Å². The van der Waals surface area contributed by atoms with E-state index in [4.69, 9.17) is 0 Å². The number of nitrogens with one attached hydrogen (secondary N) is 1. The van der Waals surface area contributed by atoms with Crippen LogP contribution in [0.1, 0.15) is 44.2 Å². The van der Waals surface area contributed by atoms with Crippen molar-refractivity contribution in [3.8, 4) is 0 Å². The van der Waals surface area contributed by atoms with E-state index >= 15 is 0 Å². The van der Waals surface area contributed by atoms with E-state index in [-0.39, 0.29) is 24.3 Å². The smallest absolute Gasteiger partial charge is 0.129 e. The fraction of sp³-hybridized carbons (Fsp3) is 0.625. The zero-order chi connectivity index (χ0) is 14.4.